The van der Waals surface area contributed by atoms with Crippen molar-refractivity contribution in [1.82, 2.24) is 0 Å². The molecule has 0 aromatic heterocycles. The summed E-state index contributed by atoms with van der Waals surface area (Å²) < 4.78 is 20.4. The summed E-state index contributed by atoms with van der Waals surface area (Å²) >= 11 is 3.40. The minimum absolute atomic E-state index is 0.200. The van der Waals surface area contributed by atoms with Crippen LogP contribution in [0.4, 0.5) is 4.39 Å². The van der Waals surface area contributed by atoms with Crippen LogP contribution < -0.4 is 5.73 Å². The van der Waals surface area contributed by atoms with E-state index in [1.165, 1.54) is 0 Å². The molecule has 0 bridgehead atoms. The Morgan fingerprint density at radius 2 is 1.79 bits per heavy atom. The molecule has 2 aromatic rings. The number of rotatable bonds is 5. The van der Waals surface area contributed by atoms with Crippen molar-refractivity contribution in [3.63, 3.8) is 0 Å². The van der Waals surface area contributed by atoms with Gasteiger partial charge in [0.1, 0.15) is 5.82 Å². The lowest BCUT2D eigenvalue weighted by atomic mass is 10.1. The molecule has 0 aliphatic heterocycles. The van der Waals surface area contributed by atoms with E-state index in [1.807, 2.05) is 24.3 Å². The fourth-order valence-electron chi connectivity index (χ4n) is 1.81. The largest absolute Gasteiger partial charge is 0.372 e. The predicted molar refractivity (Wildman–Crippen MR) is 76.9 cm³/mol. The molecule has 0 unspecified atom stereocenters. The van der Waals surface area contributed by atoms with Gasteiger partial charge in [0.2, 0.25) is 0 Å². The number of nitrogens with two attached hydrogens (primary N) is 1. The lowest BCUT2D eigenvalue weighted by Crippen LogP contribution is -2.04. The fourth-order valence-corrected chi connectivity index (χ4v) is 2.25. The summed E-state index contributed by atoms with van der Waals surface area (Å²) in [4.78, 5) is 0. The molecule has 0 radical (unpaired) electrons. The number of ether oxygens (including phenoxy) is 1. The molecule has 0 saturated heterocycles. The Balaban J connectivity index is 1.96. The van der Waals surface area contributed by atoms with Crippen LogP contribution >= 0.6 is 15.9 Å². The zero-order valence-corrected chi connectivity index (χ0v) is 12.0. The van der Waals surface area contributed by atoms with E-state index >= 15 is 0 Å². The molecule has 0 fully saturated rings. The minimum atomic E-state index is -0.265. The van der Waals surface area contributed by atoms with Gasteiger partial charge in [-0.2, -0.15) is 0 Å². The molecule has 4 heteroatoms. The highest BCUT2D eigenvalue weighted by Crippen LogP contribution is 2.16. The highest BCUT2D eigenvalue weighted by Gasteiger charge is 2.06. The van der Waals surface area contributed by atoms with Crippen molar-refractivity contribution in [2.45, 2.75) is 19.8 Å². The molecule has 0 saturated carbocycles. The summed E-state index contributed by atoms with van der Waals surface area (Å²) in [6.45, 7) is 0.892. The summed E-state index contributed by atoms with van der Waals surface area (Å²) in [7, 11) is 0. The monoisotopic (exact) mass is 323 g/mol. The molecule has 2 rings (SSSR count). The van der Waals surface area contributed by atoms with E-state index in [-0.39, 0.29) is 19.0 Å². The quantitative estimate of drug-likeness (QED) is 0.909. The van der Waals surface area contributed by atoms with E-state index in [9.17, 15) is 4.39 Å². The zero-order chi connectivity index (χ0) is 13.7. The summed E-state index contributed by atoms with van der Waals surface area (Å²) in [6, 6.07) is 13.0. The molecule has 0 heterocycles. The Bertz CT molecular complexity index is 560. The van der Waals surface area contributed by atoms with Crippen LogP contribution in [-0.2, 0) is 24.5 Å². The zero-order valence-electron chi connectivity index (χ0n) is 10.4. The molecular weight excluding hydrogens is 309 g/mol. The Labute approximate surface area is 120 Å². The second-order valence-corrected chi connectivity index (χ2v) is 5.13. The number of hydrogen-bond donors (Lipinski definition) is 1. The molecule has 0 spiro atoms. The summed E-state index contributed by atoms with van der Waals surface area (Å²) in [5.74, 6) is -0.265. The van der Waals surface area contributed by atoms with E-state index in [0.717, 1.165) is 10.0 Å². The molecule has 0 atom stereocenters. The van der Waals surface area contributed by atoms with Crippen molar-refractivity contribution >= 4 is 15.9 Å². The van der Waals surface area contributed by atoms with E-state index < -0.39 is 0 Å². The molecule has 2 nitrogen and oxygen atoms in total. The van der Waals surface area contributed by atoms with Gasteiger partial charge in [0, 0.05) is 22.1 Å². The average molecular weight is 324 g/mol. The molecule has 0 amide bonds. The van der Waals surface area contributed by atoms with E-state index in [2.05, 4.69) is 15.9 Å². The van der Waals surface area contributed by atoms with Crippen molar-refractivity contribution < 1.29 is 9.13 Å². The molecule has 2 aromatic carbocycles. The molecule has 0 aliphatic rings. The number of halogens is 2. The maximum atomic E-state index is 13.9. The van der Waals surface area contributed by atoms with E-state index in [0.29, 0.717) is 17.7 Å². The molecular formula is C15H15BrFNO. The van der Waals surface area contributed by atoms with Crippen LogP contribution in [0, 0.1) is 5.82 Å². The van der Waals surface area contributed by atoms with Gasteiger partial charge in [-0.15, -0.1) is 0 Å². The van der Waals surface area contributed by atoms with Crippen molar-refractivity contribution in [3.05, 3.63) is 69.4 Å². The van der Waals surface area contributed by atoms with Crippen molar-refractivity contribution in [3.8, 4) is 0 Å². The average Bonchev–Trinajstić information content (AvgIpc) is 2.41. The maximum absolute atomic E-state index is 13.9. The number of hydrogen-bond acceptors (Lipinski definition) is 2. The summed E-state index contributed by atoms with van der Waals surface area (Å²) in [6.07, 6.45) is 0. The first kappa shape index (κ1) is 14.2. The van der Waals surface area contributed by atoms with Gasteiger partial charge >= 0.3 is 0 Å². The Hall–Kier alpha value is -1.23. The van der Waals surface area contributed by atoms with E-state index in [1.54, 1.807) is 18.2 Å². The standard InChI is InChI=1S/C15H15BrFNO/c16-14-6-1-3-11(7-14)9-19-10-13-5-2-4-12(8-18)15(13)17/h1-7H,8-10,18H2. The normalized spacial score (nSPS) is 10.7. The Morgan fingerprint density at radius 1 is 1.05 bits per heavy atom. The van der Waals surface area contributed by atoms with Crippen LogP contribution in [0.5, 0.6) is 0 Å². The highest BCUT2D eigenvalue weighted by molar-refractivity contribution is 9.10. The minimum Gasteiger partial charge on any atom is -0.372 e. The third kappa shape index (κ3) is 3.86. The second-order valence-electron chi connectivity index (χ2n) is 4.22. The third-order valence-electron chi connectivity index (χ3n) is 2.79. The highest BCUT2D eigenvalue weighted by atomic mass is 79.9. The second kappa shape index (κ2) is 6.80. The van der Waals surface area contributed by atoms with Crippen molar-refractivity contribution in [2.75, 3.05) is 0 Å². The van der Waals surface area contributed by atoms with Gasteiger partial charge in [0.15, 0.2) is 0 Å². The van der Waals surface area contributed by atoms with Crippen LogP contribution in [0.2, 0.25) is 0 Å². The van der Waals surface area contributed by atoms with Crippen LogP contribution in [0.15, 0.2) is 46.9 Å². The Morgan fingerprint density at radius 3 is 2.53 bits per heavy atom. The van der Waals surface area contributed by atoms with Gasteiger partial charge in [-0.25, -0.2) is 4.39 Å². The van der Waals surface area contributed by atoms with E-state index in [4.69, 9.17) is 10.5 Å². The molecule has 0 aliphatic carbocycles. The summed E-state index contributed by atoms with van der Waals surface area (Å²) in [5.41, 5.74) is 7.57. The molecule has 100 valence electrons. The smallest absolute Gasteiger partial charge is 0.133 e. The van der Waals surface area contributed by atoms with Gasteiger partial charge < -0.3 is 10.5 Å². The van der Waals surface area contributed by atoms with Gasteiger partial charge in [0.25, 0.3) is 0 Å². The predicted octanol–water partition coefficient (Wildman–Crippen LogP) is 3.76. The van der Waals surface area contributed by atoms with Gasteiger partial charge in [-0.05, 0) is 17.7 Å². The first-order valence-electron chi connectivity index (χ1n) is 5.99. The van der Waals surface area contributed by atoms with Gasteiger partial charge in [-0.3, -0.25) is 0 Å². The molecule has 2 N–H and O–H groups in total. The number of benzene rings is 2. The molecule has 19 heavy (non-hydrogen) atoms. The Kier molecular flexibility index (Phi) is 5.07. The lowest BCUT2D eigenvalue weighted by molar-refractivity contribution is 0.104. The first-order valence-corrected chi connectivity index (χ1v) is 6.78. The first-order chi connectivity index (χ1) is 9.20. The van der Waals surface area contributed by atoms with Crippen LogP contribution in [0.1, 0.15) is 16.7 Å². The van der Waals surface area contributed by atoms with Crippen LogP contribution in [0.25, 0.3) is 0 Å². The van der Waals surface area contributed by atoms with Gasteiger partial charge in [-0.1, -0.05) is 46.3 Å². The van der Waals surface area contributed by atoms with Crippen LogP contribution in [0.3, 0.4) is 0 Å². The maximum Gasteiger partial charge on any atom is 0.133 e. The van der Waals surface area contributed by atoms with Gasteiger partial charge in [0.05, 0.1) is 13.2 Å². The van der Waals surface area contributed by atoms with Crippen molar-refractivity contribution in [2.24, 2.45) is 5.73 Å². The third-order valence-corrected chi connectivity index (χ3v) is 3.29. The summed E-state index contributed by atoms with van der Waals surface area (Å²) in [5, 5.41) is 0. The SMILES string of the molecule is NCc1cccc(COCc2cccc(Br)c2)c1F. The van der Waals surface area contributed by atoms with Crippen LogP contribution in [-0.4, -0.2) is 0 Å². The fraction of sp³-hybridized carbons (Fsp3) is 0.200. The topological polar surface area (TPSA) is 35.2 Å². The van der Waals surface area contributed by atoms with Crippen molar-refractivity contribution in [1.29, 1.82) is 0 Å². The lowest BCUT2D eigenvalue weighted by Gasteiger charge is -2.08.